The zero-order chi connectivity index (χ0) is 18.8. The highest BCUT2D eigenvalue weighted by Crippen LogP contribution is 2.30. The predicted molar refractivity (Wildman–Crippen MR) is 86.3 cm³/mol. The molecule has 2 rings (SSSR count). The monoisotopic (exact) mass is 363 g/mol. The van der Waals surface area contributed by atoms with Crippen LogP contribution in [0.5, 0.6) is 0 Å². The first-order valence-electron chi connectivity index (χ1n) is 7.99. The first kappa shape index (κ1) is 15.0. The maximum absolute atomic E-state index is 13.2. The summed E-state index contributed by atoms with van der Waals surface area (Å²) in [5, 5.41) is -1.63. The average molecular weight is 364 g/mol. The summed E-state index contributed by atoms with van der Waals surface area (Å²) in [6.07, 6.45) is 0.721. The summed E-state index contributed by atoms with van der Waals surface area (Å²) >= 11 is 5.84. The van der Waals surface area contributed by atoms with E-state index in [-0.39, 0.29) is 46.5 Å². The lowest BCUT2D eigenvalue weighted by atomic mass is 9.99. The molecule has 0 amide bonds. The third kappa shape index (κ3) is 4.23. The Balaban J connectivity index is 2.46. The lowest BCUT2D eigenvalue weighted by molar-refractivity contribution is -0.138. The number of esters is 1. The molecule has 0 saturated carbocycles. The van der Waals surface area contributed by atoms with Crippen molar-refractivity contribution in [1.29, 1.82) is 0 Å². The fraction of sp³-hybridized carbons (Fsp3) is 0.400. The molecule has 0 fully saturated rings. The molecule has 23 heavy (non-hydrogen) atoms. The second-order valence-corrected chi connectivity index (χ2v) is 7.08. The third-order valence-electron chi connectivity index (χ3n) is 3.27. The quantitative estimate of drug-likeness (QED) is 0.815. The van der Waals surface area contributed by atoms with Crippen LogP contribution in [-0.4, -0.2) is 26.2 Å². The van der Waals surface area contributed by atoms with Crippen LogP contribution in [0.3, 0.4) is 0 Å². The Morgan fingerprint density at radius 3 is 3.00 bits per heavy atom. The van der Waals surface area contributed by atoms with Crippen LogP contribution >= 0.6 is 11.6 Å². The highest BCUT2D eigenvalue weighted by Gasteiger charge is 2.35. The van der Waals surface area contributed by atoms with E-state index in [0.717, 1.165) is 18.2 Å². The number of carbonyl (C=O) groups is 1. The third-order valence-corrected chi connectivity index (χ3v) is 5.22. The molecule has 0 aromatic heterocycles. The molecular formula is C15H17ClFNO4S. The Labute approximate surface area is 142 Å². The van der Waals surface area contributed by atoms with Gasteiger partial charge in [0.1, 0.15) is 11.1 Å². The van der Waals surface area contributed by atoms with Crippen LogP contribution in [0.15, 0.2) is 29.8 Å². The summed E-state index contributed by atoms with van der Waals surface area (Å²) in [6.45, 7) is 1.61. The number of carbonyl (C=O) groups excluding carboxylic acids is 1. The summed E-state index contributed by atoms with van der Waals surface area (Å²) in [5.41, 5.74) is -0.494. The van der Waals surface area contributed by atoms with Crippen molar-refractivity contribution in [2.24, 2.45) is 0 Å². The van der Waals surface area contributed by atoms with Gasteiger partial charge in [-0.15, -0.1) is 0 Å². The summed E-state index contributed by atoms with van der Waals surface area (Å²) in [5.74, 6) is -1.54. The number of benzene rings is 1. The normalized spacial score (nSPS) is 19.9. The van der Waals surface area contributed by atoms with Crippen molar-refractivity contribution in [2.45, 2.75) is 31.4 Å². The van der Waals surface area contributed by atoms with Crippen LogP contribution in [0.4, 0.5) is 10.1 Å². The standard InChI is InChI=1S/C15H17ClFNO4S/c1-2-22-15(19)11-5-3-4-6-14(11)23(20,21)18-13-8-7-10(17)9-12(13)16/h5,7-9,14,18H,2-4,6H2,1H3/t14-/m1/s1/i5D/hD. The smallest absolute Gasteiger partial charge is 0.335 e. The molecule has 0 heterocycles. The molecule has 1 N–H and O–H groups in total. The maximum Gasteiger partial charge on any atom is 0.335 e. The van der Waals surface area contributed by atoms with E-state index < -0.39 is 27.1 Å². The number of allylic oxidation sites excluding steroid dienone is 1. The Bertz CT molecular complexity index is 816. The molecule has 1 aliphatic rings. The zero-order valence-electron chi connectivity index (χ0n) is 14.4. The van der Waals surface area contributed by atoms with E-state index in [1.54, 1.807) is 6.92 Å². The SMILES string of the molecule is [2H]C1=C(C(=O)OCC)[C@H](S(=O)(=O)N([2H])c2ccc(F)cc2Cl)CCC1. The van der Waals surface area contributed by atoms with E-state index in [0.29, 0.717) is 6.42 Å². The second kappa shape index (κ2) is 7.31. The van der Waals surface area contributed by atoms with Gasteiger partial charge < -0.3 is 4.74 Å². The van der Waals surface area contributed by atoms with Gasteiger partial charge in [0.25, 0.3) is 0 Å². The lowest BCUT2D eigenvalue weighted by Gasteiger charge is -2.24. The molecule has 0 bridgehead atoms. The number of anilines is 1. The maximum atomic E-state index is 13.2. The minimum absolute atomic E-state index is 0.0385. The first-order valence-corrected chi connectivity index (χ1v) is 8.93. The van der Waals surface area contributed by atoms with Crippen LogP contribution in [-0.2, 0) is 19.6 Å². The number of rotatable bonds is 5. The summed E-state index contributed by atoms with van der Waals surface area (Å²) in [7, 11) is -4.38. The van der Waals surface area contributed by atoms with Crippen LogP contribution in [0.1, 0.15) is 27.6 Å². The molecule has 0 unspecified atom stereocenters. The highest BCUT2D eigenvalue weighted by molar-refractivity contribution is 7.93. The number of halogens is 2. The van der Waals surface area contributed by atoms with Crippen LogP contribution in [0, 0.1) is 5.82 Å². The van der Waals surface area contributed by atoms with Crippen LogP contribution in [0.25, 0.3) is 0 Å². The molecule has 1 aromatic carbocycles. The van der Waals surface area contributed by atoms with Crippen molar-refractivity contribution in [3.8, 4) is 0 Å². The molecule has 1 aliphatic carbocycles. The van der Waals surface area contributed by atoms with E-state index in [1.165, 1.54) is 0 Å². The molecular weight excluding hydrogens is 345 g/mol. The summed E-state index contributed by atoms with van der Waals surface area (Å²) in [6, 6.07) is 2.83. The summed E-state index contributed by atoms with van der Waals surface area (Å²) < 4.78 is 59.8. The van der Waals surface area contributed by atoms with Gasteiger partial charge in [0, 0.05) is 0 Å². The second-order valence-electron chi connectivity index (χ2n) is 4.89. The Morgan fingerprint density at radius 2 is 2.35 bits per heavy atom. The Kier molecular flexibility index (Phi) is 4.76. The molecule has 1 aromatic rings. The van der Waals surface area contributed by atoms with Gasteiger partial charge in [-0.1, -0.05) is 17.7 Å². The molecule has 8 heteroatoms. The number of hydrogen-bond donors (Lipinski definition) is 1. The van der Waals surface area contributed by atoms with Gasteiger partial charge >= 0.3 is 5.97 Å². The van der Waals surface area contributed by atoms with Gasteiger partial charge in [-0.05, 0) is 44.4 Å². The number of nitrogens with one attached hydrogen (secondary N) is 1. The fourth-order valence-electron chi connectivity index (χ4n) is 2.24. The Morgan fingerprint density at radius 1 is 1.61 bits per heavy atom. The van der Waals surface area contributed by atoms with E-state index >= 15 is 0 Å². The van der Waals surface area contributed by atoms with E-state index in [4.69, 9.17) is 19.1 Å². The minimum atomic E-state index is -4.38. The van der Waals surface area contributed by atoms with E-state index in [2.05, 4.69) is 0 Å². The molecule has 1 atom stereocenters. The molecule has 126 valence electrons. The van der Waals surface area contributed by atoms with Crippen LogP contribution < -0.4 is 4.72 Å². The van der Waals surface area contributed by atoms with Crippen molar-refractivity contribution < 1.29 is 25.1 Å². The predicted octanol–water partition coefficient (Wildman–Crippen LogP) is 3.26. The van der Waals surface area contributed by atoms with Crippen molar-refractivity contribution in [1.82, 2.24) is 0 Å². The van der Waals surface area contributed by atoms with Gasteiger partial charge in [0.05, 0.1) is 24.3 Å². The van der Waals surface area contributed by atoms with Gasteiger partial charge in [-0.3, -0.25) is 4.72 Å². The molecule has 0 radical (unpaired) electrons. The molecule has 0 spiro atoms. The first-order chi connectivity index (χ1) is 11.7. The topological polar surface area (TPSA) is 72.5 Å². The fourth-order valence-corrected chi connectivity index (χ4v) is 4.00. The van der Waals surface area contributed by atoms with E-state index in [9.17, 15) is 17.6 Å². The highest BCUT2D eigenvalue weighted by atomic mass is 35.5. The van der Waals surface area contributed by atoms with Gasteiger partial charge in [0.2, 0.25) is 10.0 Å². The average Bonchev–Trinajstić information content (AvgIpc) is 2.54. The number of hydrogen-bond acceptors (Lipinski definition) is 4. The van der Waals surface area contributed by atoms with Crippen molar-refractivity contribution in [2.75, 3.05) is 11.3 Å². The van der Waals surface area contributed by atoms with Crippen molar-refractivity contribution >= 4 is 33.3 Å². The van der Waals surface area contributed by atoms with E-state index in [1.807, 2.05) is 0 Å². The van der Waals surface area contributed by atoms with Crippen LogP contribution in [0.2, 0.25) is 6.43 Å². The number of ether oxygens (including phenoxy) is 1. The molecule has 0 saturated heterocycles. The zero-order valence-corrected chi connectivity index (χ0v) is 14.0. The molecule has 0 aliphatic heterocycles. The van der Waals surface area contributed by atoms with Crippen molar-refractivity contribution in [3.63, 3.8) is 0 Å². The van der Waals surface area contributed by atoms with Gasteiger partial charge in [0.15, 0.2) is 1.41 Å². The van der Waals surface area contributed by atoms with Gasteiger partial charge in [-0.25, -0.2) is 17.6 Å². The lowest BCUT2D eigenvalue weighted by Crippen LogP contribution is -2.34. The number of sulfonamides is 1. The van der Waals surface area contributed by atoms with Crippen molar-refractivity contribution in [3.05, 3.63) is 40.7 Å². The van der Waals surface area contributed by atoms with Gasteiger partial charge in [-0.2, -0.15) is 0 Å². The minimum Gasteiger partial charge on any atom is -0.463 e. The largest absolute Gasteiger partial charge is 0.463 e. The summed E-state index contributed by atoms with van der Waals surface area (Å²) in [4.78, 5) is 12.1. The molecule has 5 nitrogen and oxygen atoms in total. The Hall–Kier alpha value is -1.60.